The zero-order valence-electron chi connectivity index (χ0n) is 13.3. The molecule has 3 rings (SSSR count). The first-order chi connectivity index (χ1) is 11.6. The van der Waals surface area contributed by atoms with Gasteiger partial charge in [0.05, 0.1) is 15.5 Å². The lowest BCUT2D eigenvalue weighted by Crippen LogP contribution is -2.49. The van der Waals surface area contributed by atoms with E-state index in [4.69, 9.17) is 0 Å². The van der Waals surface area contributed by atoms with Gasteiger partial charge in [0, 0.05) is 32.7 Å². The molecule has 1 aliphatic rings. The average Bonchev–Trinajstić information content (AvgIpc) is 3.15. The maximum absolute atomic E-state index is 12.3. The standard InChI is InChI=1S/C17H20N2O3S2/c20-17(16-7-4-13-23-16)19-10-8-18(9-11-19)12-14-24(21,22)15-5-2-1-3-6-15/h1-7,13H,8-12,14H2. The Bertz CT molecular complexity index is 765. The number of rotatable bonds is 5. The Morgan fingerprint density at radius 1 is 1.00 bits per heavy atom. The number of nitrogens with zero attached hydrogens (tertiary/aromatic N) is 2. The summed E-state index contributed by atoms with van der Waals surface area (Å²) >= 11 is 1.45. The van der Waals surface area contributed by atoms with E-state index < -0.39 is 9.84 Å². The fraction of sp³-hybridized carbons (Fsp3) is 0.353. The van der Waals surface area contributed by atoms with Crippen molar-refractivity contribution in [1.29, 1.82) is 0 Å². The summed E-state index contributed by atoms with van der Waals surface area (Å²) < 4.78 is 24.6. The van der Waals surface area contributed by atoms with Gasteiger partial charge in [0.15, 0.2) is 9.84 Å². The molecule has 5 nitrogen and oxygen atoms in total. The van der Waals surface area contributed by atoms with Gasteiger partial charge in [-0.05, 0) is 23.6 Å². The molecule has 0 aliphatic carbocycles. The van der Waals surface area contributed by atoms with Crippen LogP contribution in [0.25, 0.3) is 0 Å². The predicted octanol–water partition coefficient (Wildman–Crippen LogP) is 1.98. The molecule has 1 amide bonds. The van der Waals surface area contributed by atoms with E-state index in [9.17, 15) is 13.2 Å². The summed E-state index contributed by atoms with van der Waals surface area (Å²) in [6.07, 6.45) is 0. The highest BCUT2D eigenvalue weighted by molar-refractivity contribution is 7.91. The Labute approximate surface area is 146 Å². The van der Waals surface area contributed by atoms with E-state index in [1.54, 1.807) is 24.3 Å². The zero-order chi connectivity index (χ0) is 17.0. The van der Waals surface area contributed by atoms with Gasteiger partial charge >= 0.3 is 0 Å². The summed E-state index contributed by atoms with van der Waals surface area (Å²) in [5.41, 5.74) is 0. The SMILES string of the molecule is O=C(c1cccs1)N1CCN(CCS(=O)(=O)c2ccccc2)CC1. The molecule has 0 spiro atoms. The Hall–Kier alpha value is -1.70. The smallest absolute Gasteiger partial charge is 0.264 e. The Morgan fingerprint density at radius 2 is 1.71 bits per heavy atom. The molecule has 0 radical (unpaired) electrons. The third-order valence-corrected chi connectivity index (χ3v) is 6.74. The molecule has 0 bridgehead atoms. The van der Waals surface area contributed by atoms with Crippen LogP contribution in [-0.4, -0.2) is 62.6 Å². The number of piperazine rings is 1. The average molecular weight is 364 g/mol. The van der Waals surface area contributed by atoms with Crippen LogP contribution in [0.15, 0.2) is 52.7 Å². The first-order valence-corrected chi connectivity index (χ1v) is 10.4. The van der Waals surface area contributed by atoms with Crippen LogP contribution in [0.4, 0.5) is 0 Å². The van der Waals surface area contributed by atoms with Crippen LogP contribution in [0.5, 0.6) is 0 Å². The highest BCUT2D eigenvalue weighted by Gasteiger charge is 2.24. The number of carbonyl (C=O) groups is 1. The summed E-state index contributed by atoms with van der Waals surface area (Å²) in [5.74, 6) is 0.178. The summed E-state index contributed by atoms with van der Waals surface area (Å²) in [6, 6.07) is 12.3. The number of hydrogen-bond donors (Lipinski definition) is 0. The van der Waals surface area contributed by atoms with E-state index in [0.29, 0.717) is 37.6 Å². The van der Waals surface area contributed by atoms with Crippen molar-refractivity contribution in [3.63, 3.8) is 0 Å². The lowest BCUT2D eigenvalue weighted by Gasteiger charge is -2.34. The van der Waals surface area contributed by atoms with Gasteiger partial charge in [0.2, 0.25) is 0 Å². The van der Waals surface area contributed by atoms with Crippen molar-refractivity contribution < 1.29 is 13.2 Å². The molecule has 0 N–H and O–H groups in total. The van der Waals surface area contributed by atoms with Gasteiger partial charge in [-0.2, -0.15) is 0 Å². The summed E-state index contributed by atoms with van der Waals surface area (Å²) in [7, 11) is -3.25. The van der Waals surface area contributed by atoms with Crippen molar-refractivity contribution in [2.24, 2.45) is 0 Å². The first kappa shape index (κ1) is 17.1. The number of amides is 1. The van der Waals surface area contributed by atoms with Gasteiger partial charge in [-0.25, -0.2) is 8.42 Å². The van der Waals surface area contributed by atoms with Crippen LogP contribution in [0.2, 0.25) is 0 Å². The lowest BCUT2D eigenvalue weighted by atomic mass is 10.3. The Balaban J connectivity index is 1.50. The Kier molecular flexibility index (Phi) is 5.33. The van der Waals surface area contributed by atoms with Crippen LogP contribution >= 0.6 is 11.3 Å². The molecule has 2 aromatic rings. The topological polar surface area (TPSA) is 57.7 Å². The molecule has 1 aromatic carbocycles. The van der Waals surface area contributed by atoms with E-state index in [2.05, 4.69) is 4.90 Å². The molecule has 0 saturated carbocycles. The van der Waals surface area contributed by atoms with Gasteiger partial charge in [-0.3, -0.25) is 9.69 Å². The molecule has 0 unspecified atom stereocenters. The molecule has 0 atom stereocenters. The molecule has 2 heterocycles. The normalized spacial score (nSPS) is 16.2. The molecule has 1 fully saturated rings. The highest BCUT2D eigenvalue weighted by atomic mass is 32.2. The van der Waals surface area contributed by atoms with Crippen molar-refractivity contribution in [3.05, 3.63) is 52.7 Å². The van der Waals surface area contributed by atoms with Gasteiger partial charge in [-0.15, -0.1) is 11.3 Å². The molecular weight excluding hydrogens is 344 g/mol. The summed E-state index contributed by atoms with van der Waals surface area (Å²) in [6.45, 7) is 3.20. The second-order valence-electron chi connectivity index (χ2n) is 5.74. The highest BCUT2D eigenvalue weighted by Crippen LogP contribution is 2.15. The second-order valence-corrected chi connectivity index (χ2v) is 8.80. The van der Waals surface area contributed by atoms with Gasteiger partial charge < -0.3 is 4.90 Å². The van der Waals surface area contributed by atoms with Gasteiger partial charge in [0.25, 0.3) is 5.91 Å². The first-order valence-electron chi connectivity index (χ1n) is 7.89. The molecular formula is C17H20N2O3S2. The van der Waals surface area contributed by atoms with Gasteiger partial charge in [-0.1, -0.05) is 24.3 Å². The van der Waals surface area contributed by atoms with Crippen molar-refractivity contribution in [2.75, 3.05) is 38.5 Å². The van der Waals surface area contributed by atoms with Crippen molar-refractivity contribution >= 4 is 27.1 Å². The molecule has 7 heteroatoms. The molecule has 128 valence electrons. The number of thiophene rings is 1. The number of carbonyl (C=O) groups excluding carboxylic acids is 1. The quantitative estimate of drug-likeness (QED) is 0.814. The van der Waals surface area contributed by atoms with Crippen molar-refractivity contribution in [2.45, 2.75) is 4.90 Å². The molecule has 1 aliphatic heterocycles. The largest absolute Gasteiger partial charge is 0.335 e. The molecule has 24 heavy (non-hydrogen) atoms. The van der Waals surface area contributed by atoms with E-state index in [1.165, 1.54) is 11.3 Å². The van der Waals surface area contributed by atoms with Crippen LogP contribution in [0.3, 0.4) is 0 Å². The summed E-state index contributed by atoms with van der Waals surface area (Å²) in [4.78, 5) is 17.4. The van der Waals surface area contributed by atoms with Crippen LogP contribution in [-0.2, 0) is 9.84 Å². The van der Waals surface area contributed by atoms with E-state index in [-0.39, 0.29) is 11.7 Å². The number of sulfone groups is 1. The maximum atomic E-state index is 12.3. The van der Waals surface area contributed by atoms with Crippen LogP contribution < -0.4 is 0 Å². The van der Waals surface area contributed by atoms with E-state index in [0.717, 1.165) is 4.88 Å². The van der Waals surface area contributed by atoms with Crippen LogP contribution in [0, 0.1) is 0 Å². The zero-order valence-corrected chi connectivity index (χ0v) is 14.9. The third-order valence-electron chi connectivity index (χ3n) is 4.17. The fourth-order valence-corrected chi connectivity index (χ4v) is 4.72. The summed E-state index contributed by atoms with van der Waals surface area (Å²) in [5, 5.41) is 1.90. The molecule has 1 aromatic heterocycles. The maximum Gasteiger partial charge on any atom is 0.264 e. The second kappa shape index (κ2) is 7.46. The van der Waals surface area contributed by atoms with Gasteiger partial charge in [0.1, 0.15) is 0 Å². The number of hydrogen-bond acceptors (Lipinski definition) is 5. The third kappa shape index (κ3) is 4.03. The fourth-order valence-electron chi connectivity index (χ4n) is 2.73. The minimum absolute atomic E-state index is 0.0709. The minimum atomic E-state index is -3.25. The van der Waals surface area contributed by atoms with Crippen molar-refractivity contribution in [3.8, 4) is 0 Å². The van der Waals surface area contributed by atoms with E-state index >= 15 is 0 Å². The number of benzene rings is 1. The van der Waals surface area contributed by atoms with E-state index in [1.807, 2.05) is 28.5 Å². The lowest BCUT2D eigenvalue weighted by molar-refractivity contribution is 0.0649. The monoisotopic (exact) mass is 364 g/mol. The molecule has 1 saturated heterocycles. The van der Waals surface area contributed by atoms with Crippen LogP contribution in [0.1, 0.15) is 9.67 Å². The minimum Gasteiger partial charge on any atom is -0.335 e. The predicted molar refractivity (Wildman–Crippen MR) is 95.2 cm³/mol. The van der Waals surface area contributed by atoms with Crippen molar-refractivity contribution in [1.82, 2.24) is 9.80 Å². The Morgan fingerprint density at radius 3 is 2.33 bits per heavy atom.